The molecule has 0 aromatic heterocycles. The van der Waals surface area contributed by atoms with E-state index in [-0.39, 0.29) is 6.61 Å². The Morgan fingerprint density at radius 2 is 1.53 bits per heavy atom. The van der Waals surface area contributed by atoms with E-state index in [1.807, 2.05) is 0 Å². The van der Waals surface area contributed by atoms with Gasteiger partial charge in [0.25, 0.3) is 0 Å². The quantitative estimate of drug-likeness (QED) is 0.125. The van der Waals surface area contributed by atoms with Gasteiger partial charge in [-0.05, 0) is 19.9 Å². The highest BCUT2D eigenvalue weighted by molar-refractivity contribution is 5.75. The predicted molar refractivity (Wildman–Crippen MR) is 103 cm³/mol. The number of aliphatic hydroxyl groups is 8. The van der Waals surface area contributed by atoms with E-state index in [0.29, 0.717) is 0 Å². The Bertz CT molecular complexity index is 635. The first-order chi connectivity index (χ1) is 15.0. The molecule has 2 saturated heterocycles. The van der Waals surface area contributed by atoms with Crippen molar-refractivity contribution in [3.8, 4) is 0 Å². The van der Waals surface area contributed by atoms with Crippen molar-refractivity contribution in [2.45, 2.75) is 81.2 Å². The van der Waals surface area contributed by atoms with Crippen LogP contribution in [0.3, 0.4) is 0 Å². The second-order valence-corrected chi connectivity index (χ2v) is 7.96. The molecule has 2 heterocycles. The van der Waals surface area contributed by atoms with Crippen molar-refractivity contribution in [1.82, 2.24) is 0 Å². The van der Waals surface area contributed by atoms with Crippen LogP contribution < -0.4 is 0 Å². The molecule has 0 saturated carbocycles. The summed E-state index contributed by atoms with van der Waals surface area (Å²) in [5.74, 6) is -1.12. The first-order valence-corrected chi connectivity index (χ1v) is 10.1. The van der Waals surface area contributed by atoms with Gasteiger partial charge in [-0.3, -0.25) is 0 Å². The SMILES string of the molecule is CC(C)=CCOC(=O)C(O)C1O[C@H](CO)[C@@H](OC2O[C@H](CO)[C@H](O)[C@H](O)[C@H]2O)[C@H](O)[C@H]1O. The van der Waals surface area contributed by atoms with Crippen LogP contribution in [-0.4, -0.2) is 134 Å². The molecule has 0 amide bonds. The third-order valence-corrected chi connectivity index (χ3v) is 5.31. The van der Waals surface area contributed by atoms with Crippen molar-refractivity contribution in [2.75, 3.05) is 19.8 Å². The van der Waals surface area contributed by atoms with Gasteiger partial charge in [0.15, 0.2) is 12.4 Å². The average molecular weight is 468 g/mol. The summed E-state index contributed by atoms with van der Waals surface area (Å²) in [7, 11) is 0. The summed E-state index contributed by atoms with van der Waals surface area (Å²) < 4.78 is 20.8. The second kappa shape index (κ2) is 11.8. The van der Waals surface area contributed by atoms with Crippen LogP contribution in [0.4, 0.5) is 0 Å². The minimum absolute atomic E-state index is 0.129. The minimum atomic E-state index is -1.99. The summed E-state index contributed by atoms with van der Waals surface area (Å²) in [6.07, 6.45) is -16.9. The highest BCUT2D eigenvalue weighted by atomic mass is 16.7. The maximum absolute atomic E-state index is 12.1. The molecule has 8 N–H and O–H groups in total. The molecule has 2 fully saturated rings. The summed E-state index contributed by atoms with van der Waals surface area (Å²) in [6.45, 7) is 1.91. The van der Waals surface area contributed by atoms with E-state index in [1.165, 1.54) is 0 Å². The zero-order valence-corrected chi connectivity index (χ0v) is 17.7. The molecule has 11 atom stereocenters. The molecule has 0 spiro atoms. The van der Waals surface area contributed by atoms with Crippen molar-refractivity contribution in [3.05, 3.63) is 11.6 Å². The molecule has 2 aliphatic rings. The van der Waals surface area contributed by atoms with Crippen molar-refractivity contribution in [3.63, 3.8) is 0 Å². The number of ether oxygens (including phenoxy) is 4. The molecule has 13 heteroatoms. The average Bonchev–Trinajstić information content (AvgIpc) is 2.76. The van der Waals surface area contributed by atoms with Gasteiger partial charge < -0.3 is 59.8 Å². The molecule has 13 nitrogen and oxygen atoms in total. The summed E-state index contributed by atoms with van der Waals surface area (Å²) in [5.41, 5.74) is 0.866. The maximum atomic E-state index is 12.1. The summed E-state index contributed by atoms with van der Waals surface area (Å²) >= 11 is 0. The molecule has 2 aliphatic heterocycles. The van der Waals surface area contributed by atoms with Crippen LogP contribution in [0.5, 0.6) is 0 Å². The molecule has 0 aromatic rings. The van der Waals surface area contributed by atoms with Crippen LogP contribution in [0.15, 0.2) is 11.6 Å². The molecule has 186 valence electrons. The standard InChI is InChI=1S/C19H32O13/c1-7(2)3-4-29-18(28)15(27)17-13(25)12(24)16(9(6-21)30-17)32-19-14(26)11(23)10(22)8(5-20)31-19/h3,8-17,19-27H,4-6H2,1-2H3/t8-,9-,10+,11+,12-,13-,14-,15?,16-,17?,19?/m1/s1. The number of hydrogen-bond donors (Lipinski definition) is 8. The highest BCUT2D eigenvalue weighted by Crippen LogP contribution is 2.30. The molecular weight excluding hydrogens is 436 g/mol. The van der Waals surface area contributed by atoms with Crippen molar-refractivity contribution < 1.29 is 64.6 Å². The molecule has 0 bridgehead atoms. The summed E-state index contributed by atoms with van der Waals surface area (Å²) in [5, 5.41) is 79.8. The van der Waals surface area contributed by atoms with Gasteiger partial charge in [0.1, 0.15) is 61.5 Å². The Labute approximate surface area is 184 Å². The normalized spacial score (nSPS) is 41.1. The number of carbonyl (C=O) groups is 1. The van der Waals surface area contributed by atoms with E-state index in [2.05, 4.69) is 0 Å². The number of rotatable bonds is 8. The van der Waals surface area contributed by atoms with Crippen LogP contribution in [0.1, 0.15) is 13.8 Å². The van der Waals surface area contributed by atoms with E-state index in [1.54, 1.807) is 19.9 Å². The van der Waals surface area contributed by atoms with Crippen LogP contribution in [0.25, 0.3) is 0 Å². The number of carbonyl (C=O) groups excluding carboxylic acids is 1. The van der Waals surface area contributed by atoms with Gasteiger partial charge in [0, 0.05) is 0 Å². The van der Waals surface area contributed by atoms with Gasteiger partial charge >= 0.3 is 5.97 Å². The molecule has 0 radical (unpaired) electrons. The largest absolute Gasteiger partial charge is 0.459 e. The van der Waals surface area contributed by atoms with Crippen molar-refractivity contribution in [2.24, 2.45) is 0 Å². The summed E-state index contributed by atoms with van der Waals surface area (Å²) in [6, 6.07) is 0. The van der Waals surface area contributed by atoms with Gasteiger partial charge in [-0.1, -0.05) is 5.57 Å². The topological polar surface area (TPSA) is 216 Å². The Morgan fingerprint density at radius 1 is 0.906 bits per heavy atom. The molecular formula is C19H32O13. The Morgan fingerprint density at radius 3 is 2.09 bits per heavy atom. The Hall–Kier alpha value is -1.23. The van der Waals surface area contributed by atoms with Crippen LogP contribution in [0, 0.1) is 0 Å². The first kappa shape index (κ1) is 27.0. The van der Waals surface area contributed by atoms with E-state index >= 15 is 0 Å². The van der Waals surface area contributed by atoms with Crippen molar-refractivity contribution in [1.29, 1.82) is 0 Å². The fourth-order valence-corrected chi connectivity index (χ4v) is 3.39. The lowest BCUT2D eigenvalue weighted by Crippen LogP contribution is -2.66. The van der Waals surface area contributed by atoms with Gasteiger partial charge in [-0.2, -0.15) is 0 Å². The molecule has 32 heavy (non-hydrogen) atoms. The molecule has 2 rings (SSSR count). The van der Waals surface area contributed by atoms with Crippen molar-refractivity contribution >= 4 is 5.97 Å². The van der Waals surface area contributed by atoms with Crippen LogP contribution in [-0.2, 0) is 23.7 Å². The molecule has 0 aliphatic carbocycles. The Kier molecular flexibility index (Phi) is 9.93. The predicted octanol–water partition coefficient (Wildman–Crippen LogP) is -4.48. The lowest BCUT2D eigenvalue weighted by molar-refractivity contribution is -0.344. The van der Waals surface area contributed by atoms with E-state index in [4.69, 9.17) is 18.9 Å². The van der Waals surface area contributed by atoms with Gasteiger partial charge in [-0.25, -0.2) is 4.79 Å². The van der Waals surface area contributed by atoms with Gasteiger partial charge in [-0.15, -0.1) is 0 Å². The number of allylic oxidation sites excluding steroid dienone is 1. The third-order valence-electron chi connectivity index (χ3n) is 5.31. The molecule has 3 unspecified atom stereocenters. The van der Waals surface area contributed by atoms with Gasteiger partial charge in [0.2, 0.25) is 0 Å². The molecule has 0 aromatic carbocycles. The minimum Gasteiger partial charge on any atom is -0.459 e. The number of aliphatic hydroxyl groups excluding tert-OH is 8. The zero-order chi connectivity index (χ0) is 24.2. The number of hydrogen-bond acceptors (Lipinski definition) is 13. The summed E-state index contributed by atoms with van der Waals surface area (Å²) in [4.78, 5) is 12.1. The smallest absolute Gasteiger partial charge is 0.338 e. The fourth-order valence-electron chi connectivity index (χ4n) is 3.39. The second-order valence-electron chi connectivity index (χ2n) is 7.96. The third kappa shape index (κ3) is 6.01. The highest BCUT2D eigenvalue weighted by Gasteiger charge is 2.52. The number of esters is 1. The van der Waals surface area contributed by atoms with E-state index in [0.717, 1.165) is 5.57 Å². The van der Waals surface area contributed by atoms with E-state index in [9.17, 15) is 45.6 Å². The Balaban J connectivity index is 2.10. The van der Waals surface area contributed by atoms with E-state index < -0.39 is 86.5 Å². The fraction of sp³-hybridized carbons (Fsp3) is 0.842. The lowest BCUT2D eigenvalue weighted by atomic mass is 9.91. The van der Waals surface area contributed by atoms with Crippen LogP contribution >= 0.6 is 0 Å². The monoisotopic (exact) mass is 468 g/mol. The van der Waals surface area contributed by atoms with Crippen LogP contribution in [0.2, 0.25) is 0 Å². The zero-order valence-electron chi connectivity index (χ0n) is 17.7. The lowest BCUT2D eigenvalue weighted by Gasteiger charge is -2.46. The maximum Gasteiger partial charge on any atom is 0.338 e. The van der Waals surface area contributed by atoms with Gasteiger partial charge in [0.05, 0.1) is 13.2 Å². The first-order valence-electron chi connectivity index (χ1n) is 10.1.